The number of rotatable bonds is 4. The van der Waals surface area contributed by atoms with Gasteiger partial charge < -0.3 is 19.9 Å². The lowest BCUT2D eigenvalue weighted by atomic mass is 10.0. The molecule has 1 N–H and O–H groups in total. The van der Waals surface area contributed by atoms with Crippen molar-refractivity contribution < 1.29 is 18.3 Å². The molecule has 0 saturated carbocycles. The number of aliphatic imine (C=N–C) groups is 1. The van der Waals surface area contributed by atoms with Crippen LogP contribution in [0.5, 0.6) is 0 Å². The van der Waals surface area contributed by atoms with Crippen LogP contribution in [0, 0.1) is 11.6 Å². The van der Waals surface area contributed by atoms with Crippen molar-refractivity contribution in [3.05, 3.63) is 35.4 Å². The molecule has 2 unspecified atom stereocenters. The highest BCUT2D eigenvalue weighted by molar-refractivity contribution is 14.0. The van der Waals surface area contributed by atoms with E-state index < -0.39 is 11.6 Å². The molecule has 0 radical (unpaired) electrons. The van der Waals surface area contributed by atoms with Crippen molar-refractivity contribution in [3.63, 3.8) is 0 Å². The Morgan fingerprint density at radius 2 is 1.93 bits per heavy atom. The number of hydrogen-bond donors (Lipinski definition) is 1. The van der Waals surface area contributed by atoms with Crippen molar-refractivity contribution in [2.45, 2.75) is 31.8 Å². The minimum Gasteiger partial charge on any atom is -0.368 e. The molecule has 2 atom stereocenters. The Bertz CT molecular complexity index is 720. The minimum absolute atomic E-state index is 0. The summed E-state index contributed by atoms with van der Waals surface area (Å²) in [6.07, 6.45) is 1.48. The topological polar surface area (TPSA) is 57.2 Å². The highest BCUT2D eigenvalue weighted by Gasteiger charge is 2.30. The van der Waals surface area contributed by atoms with Crippen molar-refractivity contribution in [2.24, 2.45) is 4.99 Å². The number of carbonyl (C=O) groups is 1. The van der Waals surface area contributed by atoms with Gasteiger partial charge >= 0.3 is 0 Å². The van der Waals surface area contributed by atoms with Crippen molar-refractivity contribution in [1.82, 2.24) is 15.1 Å². The highest BCUT2D eigenvalue weighted by Crippen LogP contribution is 2.18. The molecule has 2 fully saturated rings. The van der Waals surface area contributed by atoms with Crippen LogP contribution in [0.25, 0.3) is 0 Å². The molecule has 0 bridgehead atoms. The summed E-state index contributed by atoms with van der Waals surface area (Å²) in [5.41, 5.74) is 0.730. The lowest BCUT2D eigenvalue weighted by Gasteiger charge is -2.37. The van der Waals surface area contributed by atoms with Crippen LogP contribution in [0.3, 0.4) is 0 Å². The molecule has 0 spiro atoms. The number of guanidine groups is 1. The Morgan fingerprint density at radius 3 is 2.52 bits per heavy atom. The maximum Gasteiger partial charge on any atom is 0.251 e. The van der Waals surface area contributed by atoms with Gasteiger partial charge in [-0.25, -0.2) is 8.78 Å². The van der Waals surface area contributed by atoms with Crippen molar-refractivity contribution in [2.75, 3.05) is 46.4 Å². The van der Waals surface area contributed by atoms with Gasteiger partial charge in [0, 0.05) is 46.4 Å². The second-order valence-electron chi connectivity index (χ2n) is 7.32. The fraction of sp³-hybridized carbons (Fsp3) is 0.600. The van der Waals surface area contributed by atoms with Crippen LogP contribution >= 0.6 is 24.0 Å². The molecule has 3 rings (SSSR count). The van der Waals surface area contributed by atoms with E-state index in [1.54, 1.807) is 13.1 Å². The molecule has 2 aliphatic heterocycles. The number of benzene rings is 1. The average molecular weight is 522 g/mol. The molecule has 29 heavy (non-hydrogen) atoms. The number of piperazine rings is 1. The predicted octanol–water partition coefficient (Wildman–Crippen LogP) is 2.58. The summed E-state index contributed by atoms with van der Waals surface area (Å²) in [7, 11) is 1.72. The summed E-state index contributed by atoms with van der Waals surface area (Å²) in [5.74, 6) is -0.837. The third kappa shape index (κ3) is 6.00. The number of carbonyl (C=O) groups excluding carboxylic acids is 1. The van der Waals surface area contributed by atoms with Crippen LogP contribution < -0.4 is 5.32 Å². The zero-order valence-electron chi connectivity index (χ0n) is 16.9. The maximum absolute atomic E-state index is 13.4. The van der Waals surface area contributed by atoms with Gasteiger partial charge in [0.15, 0.2) is 17.6 Å². The minimum atomic E-state index is -0.838. The molecular formula is C20H29F2IN4O2. The number of nitrogens with zero attached hydrogens (tertiary/aromatic N) is 3. The van der Waals surface area contributed by atoms with E-state index in [4.69, 9.17) is 4.74 Å². The van der Waals surface area contributed by atoms with Crippen LogP contribution in [0.1, 0.15) is 31.2 Å². The first-order valence-electron chi connectivity index (χ1n) is 9.80. The first kappa shape index (κ1) is 23.8. The number of amides is 1. The van der Waals surface area contributed by atoms with Crippen LogP contribution in [-0.2, 0) is 9.53 Å². The second kappa shape index (κ2) is 11.1. The molecule has 0 aliphatic carbocycles. The summed E-state index contributed by atoms with van der Waals surface area (Å²) in [6.45, 7) is 5.83. The van der Waals surface area contributed by atoms with E-state index >= 15 is 0 Å². The van der Waals surface area contributed by atoms with Gasteiger partial charge in [0.25, 0.3) is 5.91 Å². The van der Waals surface area contributed by atoms with Gasteiger partial charge in [-0.3, -0.25) is 9.79 Å². The fourth-order valence-corrected chi connectivity index (χ4v) is 3.63. The molecule has 9 heteroatoms. The second-order valence-corrected chi connectivity index (χ2v) is 7.32. The van der Waals surface area contributed by atoms with Gasteiger partial charge in [0.2, 0.25) is 0 Å². The number of hydrogen-bond acceptors (Lipinski definition) is 3. The summed E-state index contributed by atoms with van der Waals surface area (Å²) >= 11 is 0. The Labute approximate surface area is 187 Å². The van der Waals surface area contributed by atoms with E-state index in [2.05, 4.69) is 15.2 Å². The lowest BCUT2D eigenvalue weighted by molar-refractivity contribution is -0.142. The van der Waals surface area contributed by atoms with Gasteiger partial charge in [-0.1, -0.05) is 13.0 Å². The number of halogens is 3. The Balaban J connectivity index is 0.00000300. The first-order chi connectivity index (χ1) is 13.5. The van der Waals surface area contributed by atoms with Crippen molar-refractivity contribution in [3.8, 4) is 0 Å². The number of ether oxygens (including phenoxy) is 1. The largest absolute Gasteiger partial charge is 0.368 e. The molecular weight excluding hydrogens is 493 g/mol. The molecule has 2 heterocycles. The Morgan fingerprint density at radius 1 is 1.24 bits per heavy atom. The smallest absolute Gasteiger partial charge is 0.251 e. The van der Waals surface area contributed by atoms with Crippen molar-refractivity contribution in [1.29, 1.82) is 0 Å². The van der Waals surface area contributed by atoms with Gasteiger partial charge in [-0.2, -0.15) is 0 Å². The summed E-state index contributed by atoms with van der Waals surface area (Å²) in [4.78, 5) is 20.7. The third-order valence-corrected chi connectivity index (χ3v) is 5.39. The van der Waals surface area contributed by atoms with Gasteiger partial charge in [-0.15, -0.1) is 24.0 Å². The average Bonchev–Trinajstić information content (AvgIpc) is 3.25. The molecule has 0 aromatic heterocycles. The molecule has 162 valence electrons. The third-order valence-electron chi connectivity index (χ3n) is 5.39. The quantitative estimate of drug-likeness (QED) is 0.376. The normalized spacial score (nSPS) is 21.0. The van der Waals surface area contributed by atoms with Gasteiger partial charge in [0.1, 0.15) is 6.10 Å². The van der Waals surface area contributed by atoms with E-state index in [1.807, 2.05) is 11.8 Å². The first-order valence-corrected chi connectivity index (χ1v) is 9.80. The van der Waals surface area contributed by atoms with Crippen LogP contribution in [0.4, 0.5) is 8.78 Å². The molecule has 1 aromatic carbocycles. The zero-order valence-corrected chi connectivity index (χ0v) is 19.2. The molecule has 1 amide bonds. The van der Waals surface area contributed by atoms with E-state index in [9.17, 15) is 13.6 Å². The van der Waals surface area contributed by atoms with Gasteiger partial charge in [-0.05, 0) is 36.5 Å². The van der Waals surface area contributed by atoms with Crippen LogP contribution in [0.2, 0.25) is 0 Å². The van der Waals surface area contributed by atoms with Crippen LogP contribution in [0.15, 0.2) is 23.2 Å². The van der Waals surface area contributed by atoms with E-state index in [1.165, 1.54) is 6.07 Å². The molecule has 2 saturated heterocycles. The van der Waals surface area contributed by atoms with Crippen LogP contribution in [-0.4, -0.2) is 74.1 Å². The van der Waals surface area contributed by atoms with E-state index in [-0.39, 0.29) is 41.9 Å². The van der Waals surface area contributed by atoms with E-state index in [0.29, 0.717) is 39.3 Å². The molecule has 1 aromatic rings. The maximum atomic E-state index is 13.4. The summed E-state index contributed by atoms with van der Waals surface area (Å²) < 4.78 is 32.0. The monoisotopic (exact) mass is 522 g/mol. The highest BCUT2D eigenvalue weighted by atomic mass is 127. The lowest BCUT2D eigenvalue weighted by Crippen LogP contribution is -2.55. The molecule has 2 aliphatic rings. The van der Waals surface area contributed by atoms with E-state index in [0.717, 1.165) is 30.4 Å². The Hall–Kier alpha value is -1.49. The van der Waals surface area contributed by atoms with Gasteiger partial charge in [0.05, 0.1) is 0 Å². The number of nitrogens with one attached hydrogen (secondary N) is 1. The fourth-order valence-electron chi connectivity index (χ4n) is 3.63. The predicted molar refractivity (Wildman–Crippen MR) is 119 cm³/mol. The van der Waals surface area contributed by atoms with Crippen molar-refractivity contribution >= 4 is 35.8 Å². The summed E-state index contributed by atoms with van der Waals surface area (Å²) in [6, 6.07) is 3.99. The molecule has 6 nitrogen and oxygen atoms in total. The SMILES string of the molecule is CN=C(NCC(C)c1ccc(F)c(F)c1)N1CCN(C(=O)C2CCCO2)CC1.I. The Kier molecular flexibility index (Phi) is 9.06. The zero-order chi connectivity index (χ0) is 20.1. The standard InChI is InChI=1S/C20H28F2N4O2.HI/c1-14(15-5-6-16(21)17(22)12-15)13-24-20(23-2)26-9-7-25(8-10-26)19(27)18-4-3-11-28-18;/h5-6,12,14,18H,3-4,7-11,13H2,1-2H3,(H,23,24);1H. The summed E-state index contributed by atoms with van der Waals surface area (Å²) in [5, 5.41) is 3.30.